The van der Waals surface area contributed by atoms with Crippen molar-refractivity contribution in [2.24, 2.45) is 0 Å². The predicted octanol–water partition coefficient (Wildman–Crippen LogP) is 3.72. The molecule has 0 aliphatic carbocycles. The fourth-order valence-electron chi connectivity index (χ4n) is 6.74. The number of fused-ring (bicyclic) bond motifs is 2. The average Bonchev–Trinajstić information content (AvgIpc) is 3.52. The minimum atomic E-state index is -0.240. The van der Waals surface area contributed by atoms with E-state index in [1.807, 2.05) is 0 Å². The van der Waals surface area contributed by atoms with E-state index < -0.39 is 0 Å². The summed E-state index contributed by atoms with van der Waals surface area (Å²) >= 11 is 0. The second-order valence-corrected chi connectivity index (χ2v) is 12.2. The van der Waals surface area contributed by atoms with Gasteiger partial charge in [0.2, 0.25) is 12.5 Å². The second kappa shape index (κ2) is 12.8. The number of aryl methyl sites for hydroxylation is 1. The van der Waals surface area contributed by atoms with Crippen molar-refractivity contribution in [3.8, 4) is 6.01 Å². The number of hydrogen-bond donors (Lipinski definition) is 0. The van der Waals surface area contributed by atoms with Crippen LogP contribution < -0.4 is 14.5 Å². The van der Waals surface area contributed by atoms with E-state index in [2.05, 4.69) is 83.5 Å². The van der Waals surface area contributed by atoms with E-state index in [-0.39, 0.29) is 24.6 Å². The zero-order valence-corrected chi connectivity index (χ0v) is 25.9. The Bertz CT molecular complexity index is 1580. The number of nitrogens with zero attached hydrogens (tertiary/aromatic N) is 7. The molecule has 3 aromatic rings. The van der Waals surface area contributed by atoms with Crippen LogP contribution >= 0.6 is 0 Å². The Balaban J connectivity index is 1.32. The fourth-order valence-corrected chi connectivity index (χ4v) is 6.74. The lowest BCUT2D eigenvalue weighted by Gasteiger charge is -2.41. The first-order chi connectivity index (χ1) is 21.4. The smallest absolute Gasteiger partial charge is 0.318 e. The highest BCUT2D eigenvalue weighted by molar-refractivity contribution is 5.97. The van der Waals surface area contributed by atoms with Gasteiger partial charge >= 0.3 is 6.01 Å². The maximum Gasteiger partial charge on any atom is 0.318 e. The Morgan fingerprint density at radius 2 is 2.00 bits per heavy atom. The highest BCUT2D eigenvalue weighted by Gasteiger charge is 2.35. The van der Waals surface area contributed by atoms with Crippen LogP contribution in [0.4, 0.5) is 11.5 Å². The third-order valence-corrected chi connectivity index (χ3v) is 9.18. The summed E-state index contributed by atoms with van der Waals surface area (Å²) < 4.78 is 12.3. The summed E-state index contributed by atoms with van der Waals surface area (Å²) in [4.78, 5) is 34.7. The van der Waals surface area contributed by atoms with Crippen LogP contribution in [0.5, 0.6) is 6.01 Å². The molecule has 3 aliphatic heterocycles. The number of carbonyl (C=O) groups excluding carboxylic acids is 1. The van der Waals surface area contributed by atoms with Gasteiger partial charge in [0.05, 0.1) is 24.9 Å². The number of aromatic nitrogens is 2. The van der Waals surface area contributed by atoms with Gasteiger partial charge in [0, 0.05) is 48.9 Å². The largest absolute Gasteiger partial charge is 0.461 e. The van der Waals surface area contributed by atoms with E-state index in [0.29, 0.717) is 51.4 Å². The van der Waals surface area contributed by atoms with Gasteiger partial charge in [-0.25, -0.2) is 6.57 Å². The molecule has 0 saturated carbocycles. The molecule has 6 rings (SSSR count). The van der Waals surface area contributed by atoms with E-state index in [1.165, 1.54) is 28.1 Å². The van der Waals surface area contributed by atoms with E-state index in [4.69, 9.17) is 26.0 Å². The molecule has 2 fully saturated rings. The van der Waals surface area contributed by atoms with Gasteiger partial charge in [-0.2, -0.15) is 9.97 Å². The zero-order valence-electron chi connectivity index (χ0n) is 25.9. The van der Waals surface area contributed by atoms with Gasteiger partial charge in [-0.15, -0.1) is 0 Å². The van der Waals surface area contributed by atoms with Crippen LogP contribution in [0, 0.1) is 13.5 Å². The summed E-state index contributed by atoms with van der Waals surface area (Å²) in [6.45, 7) is 17.7. The van der Waals surface area contributed by atoms with E-state index in [1.54, 1.807) is 4.90 Å². The first-order valence-electron chi connectivity index (χ1n) is 15.4. The van der Waals surface area contributed by atoms with Crippen LogP contribution in [0.1, 0.15) is 23.2 Å². The van der Waals surface area contributed by atoms with Crippen molar-refractivity contribution in [3.63, 3.8) is 0 Å². The van der Waals surface area contributed by atoms with Gasteiger partial charge in [0.15, 0.2) is 0 Å². The number of ether oxygens (including phenoxy) is 2. The van der Waals surface area contributed by atoms with Crippen molar-refractivity contribution >= 4 is 28.2 Å². The summed E-state index contributed by atoms with van der Waals surface area (Å²) in [5, 5.41) is 2.49. The Hall–Kier alpha value is -4.20. The SMILES string of the molecule is [C-]#[N+]C[C@H]1CN(c2nc(OC[C@@H]3CC(N(C)C)CO3)nc3c2CCN(c2cccc4cccc(C)c24)C3)CCN1C(=O)C=C. The molecule has 2 aromatic carbocycles. The summed E-state index contributed by atoms with van der Waals surface area (Å²) in [6, 6.07) is 13.4. The minimum absolute atomic E-state index is 0.0165. The number of carbonyl (C=O) groups is 1. The third kappa shape index (κ3) is 5.94. The fraction of sp³-hybridized carbons (Fsp3) is 0.471. The molecule has 1 amide bonds. The van der Waals surface area contributed by atoms with Crippen molar-refractivity contribution in [2.45, 2.75) is 44.5 Å². The van der Waals surface area contributed by atoms with E-state index in [9.17, 15) is 4.79 Å². The van der Waals surface area contributed by atoms with Gasteiger partial charge < -0.3 is 33.9 Å². The van der Waals surface area contributed by atoms with Crippen molar-refractivity contribution in [1.82, 2.24) is 19.8 Å². The second-order valence-electron chi connectivity index (χ2n) is 12.2. The first-order valence-corrected chi connectivity index (χ1v) is 15.4. The molecule has 3 aliphatic rings. The van der Waals surface area contributed by atoms with Crippen LogP contribution in [-0.4, -0.2) is 104 Å². The maximum absolute atomic E-state index is 12.6. The molecule has 230 valence electrons. The van der Waals surface area contributed by atoms with Gasteiger partial charge in [0.1, 0.15) is 18.5 Å². The Morgan fingerprint density at radius 1 is 1.18 bits per heavy atom. The molecule has 0 radical (unpaired) electrons. The standard InChI is InChI=1S/C34H41N7O3/c1-6-31(42)41-16-15-40(19-26(41)18-35-3)33-28-13-14-39(30-12-8-11-24-10-7-9-23(2)32(24)30)20-29(28)36-34(37-33)44-22-27-17-25(21-43-27)38(4)5/h6-12,25-27H,1,13-22H2,2,4-5H3/t25?,26-,27-/m0/s1. The number of rotatable bonds is 8. The Morgan fingerprint density at radius 3 is 2.75 bits per heavy atom. The molecule has 10 heteroatoms. The number of piperazine rings is 1. The number of benzene rings is 2. The Kier molecular flexibility index (Phi) is 8.69. The zero-order chi connectivity index (χ0) is 30.8. The number of hydrogen-bond acceptors (Lipinski definition) is 8. The van der Waals surface area contributed by atoms with Crippen molar-refractivity contribution in [2.75, 3.05) is 69.8 Å². The molecule has 10 nitrogen and oxygen atoms in total. The van der Waals surface area contributed by atoms with Gasteiger partial charge in [-0.1, -0.05) is 36.9 Å². The van der Waals surface area contributed by atoms with Crippen LogP contribution in [0.2, 0.25) is 0 Å². The van der Waals surface area contributed by atoms with Crippen molar-refractivity contribution < 1.29 is 14.3 Å². The summed E-state index contributed by atoms with van der Waals surface area (Å²) in [5.74, 6) is 0.707. The normalized spacial score (nSPS) is 21.8. The minimum Gasteiger partial charge on any atom is -0.461 e. The average molecular weight is 596 g/mol. The summed E-state index contributed by atoms with van der Waals surface area (Å²) in [5.41, 5.74) is 4.52. The highest BCUT2D eigenvalue weighted by Crippen LogP contribution is 2.36. The summed E-state index contributed by atoms with van der Waals surface area (Å²) in [6.07, 6.45) is 3.00. The summed E-state index contributed by atoms with van der Waals surface area (Å²) in [7, 11) is 4.14. The van der Waals surface area contributed by atoms with Crippen LogP contribution in [0.25, 0.3) is 15.6 Å². The maximum atomic E-state index is 12.6. The predicted molar refractivity (Wildman–Crippen MR) is 172 cm³/mol. The Labute approximate surface area is 259 Å². The third-order valence-electron chi connectivity index (χ3n) is 9.18. The van der Waals surface area contributed by atoms with E-state index >= 15 is 0 Å². The molecule has 1 unspecified atom stereocenters. The van der Waals surface area contributed by atoms with Gasteiger partial charge in [-0.05, 0) is 57.0 Å². The molecular weight excluding hydrogens is 554 g/mol. The van der Waals surface area contributed by atoms with Crippen LogP contribution in [-0.2, 0) is 22.5 Å². The molecule has 2 saturated heterocycles. The van der Waals surface area contributed by atoms with Crippen molar-refractivity contribution in [3.05, 3.63) is 77.3 Å². The van der Waals surface area contributed by atoms with Crippen LogP contribution in [0.3, 0.4) is 0 Å². The molecule has 1 aromatic heterocycles. The lowest BCUT2D eigenvalue weighted by molar-refractivity contribution is -0.128. The molecule has 3 atom stereocenters. The van der Waals surface area contributed by atoms with E-state index in [0.717, 1.165) is 36.5 Å². The van der Waals surface area contributed by atoms with Crippen molar-refractivity contribution in [1.29, 1.82) is 0 Å². The number of anilines is 2. The molecular formula is C34H41N7O3. The molecule has 0 spiro atoms. The quantitative estimate of drug-likeness (QED) is 0.288. The number of likely N-dealkylation sites (N-methyl/N-ethyl adjacent to an activating group) is 1. The topological polar surface area (TPSA) is 78.6 Å². The first kappa shape index (κ1) is 29.9. The monoisotopic (exact) mass is 595 g/mol. The molecule has 44 heavy (non-hydrogen) atoms. The highest BCUT2D eigenvalue weighted by atomic mass is 16.5. The van der Waals surface area contributed by atoms with Gasteiger partial charge in [0.25, 0.3) is 0 Å². The number of amides is 1. The lowest BCUT2D eigenvalue weighted by atomic mass is 9.99. The van der Waals surface area contributed by atoms with Gasteiger partial charge in [-0.3, -0.25) is 4.79 Å². The lowest BCUT2D eigenvalue weighted by Crippen LogP contribution is -2.56. The molecule has 0 N–H and O–H groups in total. The molecule has 0 bridgehead atoms. The van der Waals surface area contributed by atoms with Crippen LogP contribution in [0.15, 0.2) is 49.1 Å². The molecule has 4 heterocycles.